The monoisotopic (exact) mass is 148 g/mol. The highest BCUT2D eigenvalue weighted by atomic mass is 14.5. The van der Waals surface area contributed by atoms with Crippen LogP contribution >= 0.6 is 0 Å². The van der Waals surface area contributed by atoms with E-state index < -0.39 is 0 Å². The van der Waals surface area contributed by atoms with E-state index in [0.29, 0.717) is 0 Å². The molecule has 0 amide bonds. The molecule has 0 spiro atoms. The van der Waals surface area contributed by atoms with Crippen LogP contribution in [0.25, 0.3) is 0 Å². The highest BCUT2D eigenvalue weighted by Crippen LogP contribution is 1.47. The molecule has 0 bridgehead atoms. The molecule has 0 aromatic heterocycles. The SMILES string of the molecule is C/C=C\N.CC.CC.CN. The van der Waals surface area contributed by atoms with Gasteiger partial charge < -0.3 is 11.5 Å². The first-order chi connectivity index (χ1) is 4.91. The second kappa shape index (κ2) is 212. The van der Waals surface area contributed by atoms with Gasteiger partial charge in [-0.3, -0.25) is 0 Å². The molecule has 10 heavy (non-hydrogen) atoms. The molecule has 0 atom stereocenters. The molecule has 0 saturated carbocycles. The van der Waals surface area contributed by atoms with Crippen molar-refractivity contribution < 1.29 is 0 Å². The summed E-state index contributed by atoms with van der Waals surface area (Å²) in [4.78, 5) is 0. The minimum atomic E-state index is 1.50. The lowest BCUT2D eigenvalue weighted by molar-refractivity contribution is 1.48. The topological polar surface area (TPSA) is 52.0 Å². The summed E-state index contributed by atoms with van der Waals surface area (Å²) in [5, 5.41) is 0. The third-order valence-electron chi connectivity index (χ3n) is 0.192. The summed E-state index contributed by atoms with van der Waals surface area (Å²) in [7, 11) is 1.50. The number of hydrogen-bond donors (Lipinski definition) is 2. The van der Waals surface area contributed by atoms with Gasteiger partial charge in [0.05, 0.1) is 0 Å². The molecular weight excluding hydrogens is 124 g/mol. The van der Waals surface area contributed by atoms with Crippen LogP contribution in [0.15, 0.2) is 12.3 Å². The van der Waals surface area contributed by atoms with Gasteiger partial charge in [0.25, 0.3) is 0 Å². The van der Waals surface area contributed by atoms with Gasteiger partial charge in [-0.05, 0) is 20.2 Å². The van der Waals surface area contributed by atoms with Crippen LogP contribution in [0, 0.1) is 0 Å². The first-order valence-corrected chi connectivity index (χ1v) is 3.82. The summed E-state index contributed by atoms with van der Waals surface area (Å²) in [6, 6.07) is 0. The molecule has 0 radical (unpaired) electrons. The molecule has 0 rings (SSSR count). The van der Waals surface area contributed by atoms with Crippen LogP contribution < -0.4 is 11.5 Å². The van der Waals surface area contributed by atoms with E-state index in [2.05, 4.69) is 5.73 Å². The van der Waals surface area contributed by atoms with Crippen LogP contribution in [0.3, 0.4) is 0 Å². The largest absolute Gasteiger partial charge is 0.405 e. The van der Waals surface area contributed by atoms with Crippen molar-refractivity contribution in [1.82, 2.24) is 0 Å². The molecule has 0 aliphatic heterocycles. The molecule has 66 valence electrons. The molecular formula is C8H24N2. The van der Waals surface area contributed by atoms with Gasteiger partial charge in [-0.25, -0.2) is 0 Å². The fourth-order valence-electron chi connectivity index (χ4n) is 0. The Morgan fingerprint density at radius 2 is 1.00 bits per heavy atom. The lowest BCUT2D eigenvalue weighted by atomic mass is 10.7. The van der Waals surface area contributed by atoms with Crippen LogP contribution in [0.2, 0.25) is 0 Å². The van der Waals surface area contributed by atoms with Gasteiger partial charge in [0, 0.05) is 0 Å². The van der Waals surface area contributed by atoms with Crippen molar-refractivity contribution in [3.63, 3.8) is 0 Å². The molecule has 2 heteroatoms. The average Bonchev–Trinajstić information content (AvgIpc) is 2.14. The Morgan fingerprint density at radius 1 is 0.900 bits per heavy atom. The lowest BCUT2D eigenvalue weighted by Crippen LogP contribution is -1.70. The van der Waals surface area contributed by atoms with Crippen LogP contribution in [0.5, 0.6) is 0 Å². The van der Waals surface area contributed by atoms with Crippen molar-refractivity contribution >= 4 is 0 Å². The summed E-state index contributed by atoms with van der Waals surface area (Å²) in [6.07, 6.45) is 3.28. The molecule has 0 heterocycles. The van der Waals surface area contributed by atoms with E-state index in [1.165, 1.54) is 13.2 Å². The van der Waals surface area contributed by atoms with Gasteiger partial charge >= 0.3 is 0 Å². The molecule has 0 aliphatic carbocycles. The van der Waals surface area contributed by atoms with Gasteiger partial charge in [-0.2, -0.15) is 0 Å². The van der Waals surface area contributed by atoms with Gasteiger partial charge in [0.1, 0.15) is 0 Å². The predicted molar refractivity (Wildman–Crippen MR) is 51.8 cm³/mol. The van der Waals surface area contributed by atoms with Gasteiger partial charge in [-0.15, -0.1) is 0 Å². The molecule has 0 aromatic carbocycles. The maximum absolute atomic E-state index is 4.85. The first-order valence-electron chi connectivity index (χ1n) is 3.82. The van der Waals surface area contributed by atoms with Crippen molar-refractivity contribution in [1.29, 1.82) is 0 Å². The van der Waals surface area contributed by atoms with Crippen molar-refractivity contribution in [2.75, 3.05) is 7.05 Å². The van der Waals surface area contributed by atoms with Gasteiger partial charge in [0.15, 0.2) is 0 Å². The predicted octanol–water partition coefficient (Wildman–Crippen LogP) is 2.11. The Bertz CT molecular complexity index is 22.4. The zero-order valence-electron chi connectivity index (χ0n) is 8.31. The van der Waals surface area contributed by atoms with E-state index in [4.69, 9.17) is 5.73 Å². The van der Waals surface area contributed by atoms with E-state index >= 15 is 0 Å². The van der Waals surface area contributed by atoms with Crippen molar-refractivity contribution in [2.24, 2.45) is 11.5 Å². The fourth-order valence-corrected chi connectivity index (χ4v) is 0. The van der Waals surface area contributed by atoms with E-state index in [9.17, 15) is 0 Å². The number of allylic oxidation sites excluding steroid dienone is 1. The third-order valence-corrected chi connectivity index (χ3v) is 0.192. The van der Waals surface area contributed by atoms with E-state index in [-0.39, 0.29) is 0 Å². The van der Waals surface area contributed by atoms with E-state index in [0.717, 1.165) is 0 Å². The quantitative estimate of drug-likeness (QED) is 0.553. The number of hydrogen-bond acceptors (Lipinski definition) is 2. The second-order valence-electron chi connectivity index (χ2n) is 0.526. The Labute approximate surface area is 66.3 Å². The van der Waals surface area contributed by atoms with Crippen LogP contribution in [0.1, 0.15) is 34.6 Å². The molecule has 0 aromatic rings. The second-order valence-corrected chi connectivity index (χ2v) is 0.526. The van der Waals surface area contributed by atoms with Crippen LogP contribution in [0.4, 0.5) is 0 Å². The molecule has 4 N–H and O–H groups in total. The van der Waals surface area contributed by atoms with Crippen molar-refractivity contribution in [3.05, 3.63) is 12.3 Å². The van der Waals surface area contributed by atoms with Gasteiger partial charge in [0.2, 0.25) is 0 Å². The Balaban J connectivity index is -0.0000000262. The van der Waals surface area contributed by atoms with E-state index in [1.807, 2.05) is 34.6 Å². The minimum absolute atomic E-state index is 1.50. The summed E-state index contributed by atoms with van der Waals surface area (Å²) in [5.74, 6) is 0. The minimum Gasteiger partial charge on any atom is -0.405 e. The average molecular weight is 148 g/mol. The highest BCUT2D eigenvalue weighted by molar-refractivity contribution is 4.66. The number of rotatable bonds is 0. The molecule has 0 unspecified atom stereocenters. The summed E-state index contributed by atoms with van der Waals surface area (Å²) in [6.45, 7) is 9.88. The zero-order valence-corrected chi connectivity index (χ0v) is 8.31. The summed E-state index contributed by atoms with van der Waals surface area (Å²) >= 11 is 0. The fraction of sp³-hybridized carbons (Fsp3) is 0.750. The molecule has 0 fully saturated rings. The van der Waals surface area contributed by atoms with Gasteiger partial charge in [-0.1, -0.05) is 33.8 Å². The smallest absolute Gasteiger partial charge is 0.0106 e. The summed E-state index contributed by atoms with van der Waals surface area (Å²) < 4.78 is 0. The first kappa shape index (κ1) is 22.7. The Morgan fingerprint density at radius 3 is 1.00 bits per heavy atom. The maximum atomic E-state index is 4.85. The molecule has 0 saturated heterocycles. The number of nitrogens with two attached hydrogens (primary N) is 2. The summed E-state index contributed by atoms with van der Waals surface area (Å²) in [5.41, 5.74) is 9.35. The van der Waals surface area contributed by atoms with Crippen molar-refractivity contribution in [2.45, 2.75) is 34.6 Å². The van der Waals surface area contributed by atoms with E-state index in [1.54, 1.807) is 6.08 Å². The lowest BCUT2D eigenvalue weighted by Gasteiger charge is -1.53. The van der Waals surface area contributed by atoms with Crippen LogP contribution in [-0.2, 0) is 0 Å². The zero-order chi connectivity index (χ0) is 9.41. The Kier molecular flexibility index (Phi) is 482. The van der Waals surface area contributed by atoms with Crippen molar-refractivity contribution in [3.8, 4) is 0 Å². The normalized spacial score (nSPS) is 5.50. The highest BCUT2D eigenvalue weighted by Gasteiger charge is 1.32. The Hall–Kier alpha value is -0.500. The molecule has 0 aliphatic rings. The maximum Gasteiger partial charge on any atom is -0.0106 e. The molecule has 2 nitrogen and oxygen atoms in total. The standard InChI is InChI=1S/C3H7N.2C2H6.CH5N/c1-2-3-4;3*1-2/h2-3H,4H2,1H3;2*1-2H3;2H2,1H3/b3-2-;;;. The third kappa shape index (κ3) is 1270. The van der Waals surface area contributed by atoms with Crippen LogP contribution in [-0.4, -0.2) is 7.05 Å².